The number of nitrogens with zero attached hydrogens (tertiary/aromatic N) is 2. The first-order valence-corrected chi connectivity index (χ1v) is 10.8. The zero-order valence-corrected chi connectivity index (χ0v) is 18.4. The van der Waals surface area contributed by atoms with E-state index in [4.69, 9.17) is 13.9 Å². The predicted molar refractivity (Wildman–Crippen MR) is 123 cm³/mol. The lowest BCUT2D eigenvalue weighted by atomic mass is 10.1. The van der Waals surface area contributed by atoms with Crippen LogP contribution in [-0.4, -0.2) is 28.5 Å². The Morgan fingerprint density at radius 3 is 2.61 bits per heavy atom. The van der Waals surface area contributed by atoms with Crippen LogP contribution in [0, 0.1) is 13.8 Å². The number of furan rings is 1. The summed E-state index contributed by atoms with van der Waals surface area (Å²) in [6.45, 7) is 4.24. The molecule has 4 aromatic rings. The van der Waals surface area contributed by atoms with E-state index in [1.807, 2.05) is 68.4 Å². The maximum atomic E-state index is 12.6. The highest BCUT2D eigenvalue weighted by atomic mass is 16.6. The number of fused-ring (bicyclic) bond motifs is 1. The first-order chi connectivity index (χ1) is 16.0. The van der Waals surface area contributed by atoms with Gasteiger partial charge in [-0.25, -0.2) is 9.97 Å². The van der Waals surface area contributed by atoms with Crippen LogP contribution in [-0.2, 0) is 6.42 Å². The molecule has 1 amide bonds. The Labute approximate surface area is 191 Å². The maximum absolute atomic E-state index is 12.6. The van der Waals surface area contributed by atoms with E-state index in [0.29, 0.717) is 24.5 Å². The van der Waals surface area contributed by atoms with Crippen LogP contribution in [0.3, 0.4) is 0 Å². The largest absolute Gasteiger partial charge is 0.487 e. The van der Waals surface area contributed by atoms with Crippen molar-refractivity contribution < 1.29 is 18.7 Å². The molecule has 1 N–H and O–H groups in total. The van der Waals surface area contributed by atoms with Gasteiger partial charge in [0.25, 0.3) is 11.9 Å². The number of para-hydroxylation sites is 2. The van der Waals surface area contributed by atoms with Gasteiger partial charge in [-0.3, -0.25) is 4.79 Å². The van der Waals surface area contributed by atoms with Gasteiger partial charge in [0.15, 0.2) is 11.6 Å². The van der Waals surface area contributed by atoms with Crippen molar-refractivity contribution in [1.82, 2.24) is 15.3 Å². The average molecular weight is 441 g/mol. The maximum Gasteiger partial charge on any atom is 0.290 e. The minimum atomic E-state index is -0.324. The molecule has 7 nitrogen and oxygen atoms in total. The molecule has 0 saturated heterocycles. The van der Waals surface area contributed by atoms with Crippen LogP contribution in [0.25, 0.3) is 11.4 Å². The minimum absolute atomic E-state index is 0.181. The molecule has 3 heterocycles. The number of aromatic nitrogens is 2. The number of ether oxygens (including phenoxy) is 2. The van der Waals surface area contributed by atoms with Gasteiger partial charge in [-0.1, -0.05) is 30.3 Å². The lowest BCUT2D eigenvalue weighted by Crippen LogP contribution is -2.34. The van der Waals surface area contributed by atoms with E-state index in [1.54, 1.807) is 12.1 Å². The Bertz CT molecular complexity index is 1280. The van der Waals surface area contributed by atoms with Gasteiger partial charge >= 0.3 is 0 Å². The molecule has 1 atom stereocenters. The molecule has 166 valence electrons. The van der Waals surface area contributed by atoms with Gasteiger partial charge in [0.2, 0.25) is 0 Å². The molecule has 0 unspecified atom stereocenters. The first kappa shape index (κ1) is 20.8. The van der Waals surface area contributed by atoms with Crippen molar-refractivity contribution in [2.45, 2.75) is 26.4 Å². The highest BCUT2D eigenvalue weighted by molar-refractivity contribution is 5.91. The van der Waals surface area contributed by atoms with Gasteiger partial charge in [0.05, 0.1) is 12.1 Å². The van der Waals surface area contributed by atoms with Crippen molar-refractivity contribution in [3.05, 3.63) is 89.4 Å². The Balaban J connectivity index is 1.23. The third kappa shape index (κ3) is 4.57. The summed E-state index contributed by atoms with van der Waals surface area (Å²) in [5.74, 6) is 2.18. The Hall–Kier alpha value is -4.13. The number of benzene rings is 2. The second kappa shape index (κ2) is 8.78. The monoisotopic (exact) mass is 441 g/mol. The van der Waals surface area contributed by atoms with E-state index in [2.05, 4.69) is 15.3 Å². The molecule has 1 aliphatic heterocycles. The van der Waals surface area contributed by atoms with Crippen molar-refractivity contribution in [2.75, 3.05) is 6.54 Å². The molecule has 0 bridgehead atoms. The lowest BCUT2D eigenvalue weighted by molar-refractivity contribution is 0.0901. The zero-order valence-electron chi connectivity index (χ0n) is 18.4. The Morgan fingerprint density at radius 2 is 1.82 bits per heavy atom. The predicted octanol–water partition coefficient (Wildman–Crippen LogP) is 4.88. The van der Waals surface area contributed by atoms with Crippen molar-refractivity contribution in [1.29, 1.82) is 0 Å². The fourth-order valence-corrected chi connectivity index (χ4v) is 3.87. The fourth-order valence-electron chi connectivity index (χ4n) is 3.87. The van der Waals surface area contributed by atoms with Crippen LogP contribution in [0.2, 0.25) is 0 Å². The van der Waals surface area contributed by atoms with Crippen LogP contribution < -0.4 is 14.8 Å². The molecule has 0 aliphatic carbocycles. The number of nitrogens with one attached hydrogen (secondary N) is 1. The van der Waals surface area contributed by atoms with Gasteiger partial charge in [-0.2, -0.15) is 0 Å². The number of carbonyl (C=O) groups excluding carboxylic acids is 1. The third-order valence-electron chi connectivity index (χ3n) is 5.31. The van der Waals surface area contributed by atoms with Crippen LogP contribution in [0.4, 0.5) is 0 Å². The number of rotatable bonds is 6. The molecular formula is C26H23N3O4. The molecule has 0 spiro atoms. The van der Waals surface area contributed by atoms with E-state index in [9.17, 15) is 4.79 Å². The summed E-state index contributed by atoms with van der Waals surface area (Å²) >= 11 is 0. The van der Waals surface area contributed by atoms with Crippen LogP contribution in [0.15, 0.2) is 71.1 Å². The summed E-state index contributed by atoms with van der Waals surface area (Å²) in [5, 5.41) is 2.89. The molecule has 0 fully saturated rings. The van der Waals surface area contributed by atoms with Crippen LogP contribution in [0.1, 0.15) is 27.5 Å². The van der Waals surface area contributed by atoms with E-state index in [-0.39, 0.29) is 23.7 Å². The SMILES string of the molecule is Cc1cc(C)nc(-c2cccc3c2O[C@H](CNC(=O)c2ccc(Oc4ccccc4)o2)C3)n1. The third-order valence-corrected chi connectivity index (χ3v) is 5.31. The van der Waals surface area contributed by atoms with E-state index in [1.165, 1.54) is 0 Å². The average Bonchev–Trinajstić information content (AvgIpc) is 3.44. The van der Waals surface area contributed by atoms with E-state index < -0.39 is 0 Å². The Kier molecular flexibility index (Phi) is 5.52. The standard InChI is InChI=1S/C26H23N3O4/c1-16-13-17(2)29-25(28-16)21-10-6-7-18-14-20(32-24(18)21)15-27-26(30)22-11-12-23(33-22)31-19-8-4-3-5-9-19/h3-13,20H,14-15H2,1-2H3,(H,27,30)/t20-/m0/s1. The topological polar surface area (TPSA) is 86.5 Å². The number of carbonyl (C=O) groups is 1. The summed E-state index contributed by atoms with van der Waals surface area (Å²) in [5.41, 5.74) is 3.75. The molecule has 0 saturated carbocycles. The molecule has 2 aromatic carbocycles. The van der Waals surface area contributed by atoms with Gasteiger partial charge in [0.1, 0.15) is 17.6 Å². The minimum Gasteiger partial charge on any atom is -0.487 e. The lowest BCUT2D eigenvalue weighted by Gasteiger charge is -2.13. The highest BCUT2D eigenvalue weighted by Crippen LogP contribution is 2.37. The summed E-state index contributed by atoms with van der Waals surface area (Å²) in [6, 6.07) is 20.4. The number of hydrogen-bond acceptors (Lipinski definition) is 6. The van der Waals surface area contributed by atoms with Gasteiger partial charge in [-0.15, -0.1) is 0 Å². The van der Waals surface area contributed by atoms with Crippen LogP contribution in [0.5, 0.6) is 17.4 Å². The molecule has 2 aromatic heterocycles. The summed E-state index contributed by atoms with van der Waals surface area (Å²) < 4.78 is 17.3. The van der Waals surface area contributed by atoms with Gasteiger partial charge in [0, 0.05) is 23.9 Å². The van der Waals surface area contributed by atoms with Crippen LogP contribution >= 0.6 is 0 Å². The molecule has 7 heteroatoms. The van der Waals surface area contributed by atoms with Crippen molar-refractivity contribution >= 4 is 5.91 Å². The Morgan fingerprint density at radius 1 is 1.03 bits per heavy atom. The van der Waals surface area contributed by atoms with Gasteiger partial charge < -0.3 is 19.2 Å². The zero-order chi connectivity index (χ0) is 22.8. The van der Waals surface area contributed by atoms with E-state index >= 15 is 0 Å². The molecule has 33 heavy (non-hydrogen) atoms. The van der Waals surface area contributed by atoms with Gasteiger partial charge in [-0.05, 0) is 49.7 Å². The summed E-state index contributed by atoms with van der Waals surface area (Å²) in [7, 11) is 0. The molecule has 1 aliphatic rings. The summed E-state index contributed by atoms with van der Waals surface area (Å²) in [4.78, 5) is 21.7. The fraction of sp³-hybridized carbons (Fsp3) is 0.192. The van der Waals surface area contributed by atoms with E-state index in [0.717, 1.165) is 28.3 Å². The number of hydrogen-bond donors (Lipinski definition) is 1. The second-order valence-corrected chi connectivity index (χ2v) is 7.96. The molecular weight excluding hydrogens is 418 g/mol. The first-order valence-electron chi connectivity index (χ1n) is 10.8. The second-order valence-electron chi connectivity index (χ2n) is 7.96. The summed E-state index contributed by atoms with van der Waals surface area (Å²) in [6.07, 6.45) is 0.500. The smallest absolute Gasteiger partial charge is 0.290 e. The number of aryl methyl sites for hydroxylation is 2. The number of amides is 1. The van der Waals surface area contributed by atoms with Crippen molar-refractivity contribution in [2.24, 2.45) is 0 Å². The van der Waals surface area contributed by atoms with Crippen molar-refractivity contribution in [3.63, 3.8) is 0 Å². The molecule has 5 rings (SSSR count). The van der Waals surface area contributed by atoms with Crippen molar-refractivity contribution in [3.8, 4) is 28.8 Å². The normalized spacial score (nSPS) is 14.4. The molecule has 0 radical (unpaired) electrons. The quantitative estimate of drug-likeness (QED) is 0.459. The highest BCUT2D eigenvalue weighted by Gasteiger charge is 2.27.